The second-order valence-electron chi connectivity index (χ2n) is 6.44. The topological polar surface area (TPSA) is 35.5 Å². The summed E-state index contributed by atoms with van der Waals surface area (Å²) in [7, 11) is -1.67. The van der Waals surface area contributed by atoms with Gasteiger partial charge in [-0.05, 0) is 39.4 Å². The van der Waals surface area contributed by atoms with Gasteiger partial charge in [-0.25, -0.2) is 4.79 Å². The molecule has 4 heteroatoms. The number of allylic oxidation sites excluding steroid dienone is 1. The Kier molecular flexibility index (Phi) is 6.05. The summed E-state index contributed by atoms with van der Waals surface area (Å²) in [6, 6.07) is 0. The number of hydrogen-bond acceptors (Lipinski definition) is 3. The summed E-state index contributed by atoms with van der Waals surface area (Å²) < 4.78 is 11.1. The Morgan fingerprint density at radius 3 is 2.35 bits per heavy atom. The summed E-state index contributed by atoms with van der Waals surface area (Å²) in [5.41, 5.74) is -0.189. The van der Waals surface area contributed by atoms with E-state index in [1.54, 1.807) is 6.08 Å². The summed E-state index contributed by atoms with van der Waals surface area (Å²) in [6.07, 6.45) is 9.08. The molecule has 0 aromatic heterocycles. The highest BCUT2D eigenvalue weighted by Crippen LogP contribution is 2.44. The fraction of sp³-hybridized carbons (Fsp3) is 0.688. The number of carbonyl (C=O) groups excluding carboxylic acids is 1. The van der Waals surface area contributed by atoms with Crippen molar-refractivity contribution >= 4 is 14.3 Å². The van der Waals surface area contributed by atoms with E-state index in [9.17, 15) is 4.79 Å². The van der Waals surface area contributed by atoms with Crippen LogP contribution < -0.4 is 0 Å². The Balaban J connectivity index is 2.86. The summed E-state index contributed by atoms with van der Waals surface area (Å²) in [6.45, 7) is 12.9. The maximum absolute atomic E-state index is 11.6. The standard InChI is InChI=1S/C16H28O3Si/c1-6-18-15(17)10-13-16(11-8-7-9-12-16)14(2)19-20(3,4)5/h10,13H,2,6-9,11-12H2,1,3-5H3/b13-10+. The molecule has 3 nitrogen and oxygen atoms in total. The molecule has 0 heterocycles. The molecular formula is C16H28O3Si. The maximum Gasteiger partial charge on any atom is 0.330 e. The molecule has 20 heavy (non-hydrogen) atoms. The molecule has 1 saturated carbocycles. The van der Waals surface area contributed by atoms with E-state index in [2.05, 4.69) is 26.2 Å². The first-order valence-corrected chi connectivity index (χ1v) is 10.9. The Morgan fingerprint density at radius 2 is 1.85 bits per heavy atom. The number of esters is 1. The van der Waals surface area contributed by atoms with Crippen LogP contribution in [0, 0.1) is 5.41 Å². The molecule has 0 spiro atoms. The zero-order chi connectivity index (χ0) is 15.2. The lowest BCUT2D eigenvalue weighted by atomic mass is 9.72. The fourth-order valence-corrected chi connectivity index (χ4v) is 3.55. The minimum atomic E-state index is -1.67. The minimum Gasteiger partial charge on any atom is -0.547 e. The van der Waals surface area contributed by atoms with Gasteiger partial charge < -0.3 is 9.16 Å². The Hall–Kier alpha value is -1.03. The monoisotopic (exact) mass is 296 g/mol. The molecule has 1 fully saturated rings. The van der Waals surface area contributed by atoms with Gasteiger partial charge in [-0.2, -0.15) is 0 Å². The lowest BCUT2D eigenvalue weighted by Gasteiger charge is -2.38. The van der Waals surface area contributed by atoms with Crippen molar-refractivity contribution in [2.45, 2.75) is 58.7 Å². The quantitative estimate of drug-likeness (QED) is 0.315. The van der Waals surface area contributed by atoms with E-state index in [0.29, 0.717) is 6.61 Å². The SMILES string of the molecule is C=C(O[Si](C)(C)C)C1(/C=C/C(=O)OCC)CCCCC1. The zero-order valence-electron chi connectivity index (χ0n) is 13.3. The lowest BCUT2D eigenvalue weighted by molar-refractivity contribution is -0.137. The predicted octanol–water partition coefficient (Wildman–Crippen LogP) is 4.42. The lowest BCUT2D eigenvalue weighted by Crippen LogP contribution is -2.33. The van der Waals surface area contributed by atoms with Crippen LogP contribution in [0.15, 0.2) is 24.5 Å². The van der Waals surface area contributed by atoms with Crippen molar-refractivity contribution in [3.05, 3.63) is 24.5 Å². The summed E-state index contributed by atoms with van der Waals surface area (Å²) >= 11 is 0. The molecule has 0 amide bonds. The molecule has 0 saturated heterocycles. The molecule has 1 aliphatic rings. The zero-order valence-corrected chi connectivity index (χ0v) is 14.3. The van der Waals surface area contributed by atoms with Crippen LogP contribution in [-0.4, -0.2) is 20.9 Å². The maximum atomic E-state index is 11.6. The molecule has 0 N–H and O–H groups in total. The van der Waals surface area contributed by atoms with Gasteiger partial charge in [-0.15, -0.1) is 0 Å². The molecule has 0 aliphatic heterocycles. The number of hydrogen-bond donors (Lipinski definition) is 0. The molecular weight excluding hydrogens is 268 g/mol. The van der Waals surface area contributed by atoms with Gasteiger partial charge in [0.1, 0.15) is 0 Å². The predicted molar refractivity (Wildman–Crippen MR) is 84.9 cm³/mol. The first-order chi connectivity index (χ1) is 9.29. The third kappa shape index (κ3) is 5.16. The molecule has 0 atom stereocenters. The Labute approximate surface area is 124 Å². The van der Waals surface area contributed by atoms with Crippen LogP contribution in [0.2, 0.25) is 19.6 Å². The van der Waals surface area contributed by atoms with Crippen molar-refractivity contribution in [3.63, 3.8) is 0 Å². The van der Waals surface area contributed by atoms with Gasteiger partial charge in [-0.3, -0.25) is 0 Å². The van der Waals surface area contributed by atoms with E-state index in [1.165, 1.54) is 6.42 Å². The van der Waals surface area contributed by atoms with Crippen LogP contribution in [0.3, 0.4) is 0 Å². The van der Waals surface area contributed by atoms with Crippen LogP contribution in [0.1, 0.15) is 39.0 Å². The van der Waals surface area contributed by atoms with Crippen molar-refractivity contribution < 1.29 is 14.0 Å². The van der Waals surface area contributed by atoms with E-state index in [-0.39, 0.29) is 11.4 Å². The Morgan fingerprint density at radius 1 is 1.25 bits per heavy atom. The summed E-state index contributed by atoms with van der Waals surface area (Å²) in [5, 5.41) is 0. The van der Waals surface area contributed by atoms with E-state index >= 15 is 0 Å². The van der Waals surface area contributed by atoms with Gasteiger partial charge in [0, 0.05) is 11.5 Å². The first kappa shape index (κ1) is 17.0. The summed E-state index contributed by atoms with van der Waals surface area (Å²) in [4.78, 5) is 11.6. The van der Waals surface area contributed by atoms with Crippen molar-refractivity contribution in [3.8, 4) is 0 Å². The van der Waals surface area contributed by atoms with E-state index < -0.39 is 8.32 Å². The van der Waals surface area contributed by atoms with Crippen molar-refractivity contribution in [1.82, 2.24) is 0 Å². The first-order valence-electron chi connectivity index (χ1n) is 7.53. The van der Waals surface area contributed by atoms with Gasteiger partial charge in [0.15, 0.2) is 0 Å². The second-order valence-corrected chi connectivity index (χ2v) is 10.9. The van der Waals surface area contributed by atoms with Gasteiger partial charge in [0.05, 0.1) is 12.4 Å². The van der Waals surface area contributed by atoms with Gasteiger partial charge in [0.25, 0.3) is 0 Å². The normalized spacial score (nSPS) is 18.8. The third-order valence-electron chi connectivity index (χ3n) is 3.56. The third-order valence-corrected chi connectivity index (χ3v) is 4.41. The van der Waals surface area contributed by atoms with E-state index in [4.69, 9.17) is 9.16 Å². The van der Waals surface area contributed by atoms with Crippen LogP contribution in [0.25, 0.3) is 0 Å². The van der Waals surface area contributed by atoms with Crippen molar-refractivity contribution in [2.75, 3.05) is 6.61 Å². The van der Waals surface area contributed by atoms with Gasteiger partial charge >= 0.3 is 5.97 Å². The van der Waals surface area contributed by atoms with Crippen LogP contribution in [0.4, 0.5) is 0 Å². The van der Waals surface area contributed by atoms with Crippen LogP contribution >= 0.6 is 0 Å². The molecule has 1 aliphatic carbocycles. The fourth-order valence-electron chi connectivity index (χ4n) is 2.61. The molecule has 1 rings (SSSR count). The minimum absolute atomic E-state index is 0.189. The molecule has 114 valence electrons. The average Bonchev–Trinajstić information content (AvgIpc) is 2.36. The highest BCUT2D eigenvalue weighted by Gasteiger charge is 2.36. The number of carbonyl (C=O) groups is 1. The van der Waals surface area contributed by atoms with E-state index in [1.807, 2.05) is 13.0 Å². The summed E-state index contributed by atoms with van der Waals surface area (Å²) in [5.74, 6) is 0.551. The number of rotatable bonds is 6. The largest absolute Gasteiger partial charge is 0.547 e. The van der Waals surface area contributed by atoms with Crippen molar-refractivity contribution in [1.29, 1.82) is 0 Å². The van der Waals surface area contributed by atoms with E-state index in [0.717, 1.165) is 31.4 Å². The van der Waals surface area contributed by atoms with Gasteiger partial charge in [-0.1, -0.05) is 31.9 Å². The molecule has 0 radical (unpaired) electrons. The number of ether oxygens (including phenoxy) is 1. The molecule has 0 aromatic carbocycles. The Bertz CT molecular complexity index is 374. The highest BCUT2D eigenvalue weighted by atomic mass is 28.4. The average molecular weight is 296 g/mol. The molecule has 0 aromatic rings. The smallest absolute Gasteiger partial charge is 0.330 e. The second kappa shape index (κ2) is 7.11. The highest BCUT2D eigenvalue weighted by molar-refractivity contribution is 6.70. The van der Waals surface area contributed by atoms with Crippen LogP contribution in [-0.2, 0) is 14.0 Å². The molecule has 0 unspecified atom stereocenters. The van der Waals surface area contributed by atoms with Crippen molar-refractivity contribution in [2.24, 2.45) is 5.41 Å². The van der Waals surface area contributed by atoms with Gasteiger partial charge in [0.2, 0.25) is 8.32 Å². The van der Waals surface area contributed by atoms with Crippen LogP contribution in [0.5, 0.6) is 0 Å². The molecule has 0 bridgehead atoms.